The van der Waals surface area contributed by atoms with Crippen LogP contribution in [0, 0.1) is 13.8 Å². The van der Waals surface area contributed by atoms with Crippen LogP contribution in [0.1, 0.15) is 11.1 Å². The van der Waals surface area contributed by atoms with Crippen LogP contribution in [0.5, 0.6) is 23.0 Å². The molecule has 0 saturated carbocycles. The number of phosphoric ester groups is 1. The van der Waals surface area contributed by atoms with Crippen LogP contribution in [0.25, 0.3) is 21.6 Å². The molecule has 160 valence electrons. The van der Waals surface area contributed by atoms with Crippen molar-refractivity contribution < 1.29 is 33.1 Å². The van der Waals surface area contributed by atoms with E-state index in [1.54, 1.807) is 19.4 Å². The van der Waals surface area contributed by atoms with Crippen LogP contribution < -0.4 is 18.7 Å². The van der Waals surface area contributed by atoms with E-state index in [0.717, 1.165) is 32.9 Å². The molecule has 2 N–H and O–H groups in total. The Kier molecular flexibility index (Phi) is 6.38. The normalized spacial score (nSPS) is 11.3. The molecule has 0 bridgehead atoms. The van der Waals surface area contributed by atoms with Gasteiger partial charge in [0.25, 0.3) is 0 Å². The highest BCUT2D eigenvalue weighted by molar-refractivity contribution is 7.46. The van der Waals surface area contributed by atoms with E-state index in [2.05, 4.69) is 4.37 Å². The average Bonchev–Trinajstić information content (AvgIpc) is 3.18. The topological polar surface area (TPSA) is 107 Å². The molecule has 0 atom stereocenters. The van der Waals surface area contributed by atoms with Crippen molar-refractivity contribution in [3.63, 3.8) is 0 Å². The third-order valence-electron chi connectivity index (χ3n) is 4.65. The van der Waals surface area contributed by atoms with Gasteiger partial charge in [0.2, 0.25) is 5.75 Å². The highest BCUT2D eigenvalue weighted by atomic mass is 32.1. The van der Waals surface area contributed by atoms with E-state index in [1.165, 1.54) is 31.8 Å². The number of aromatic nitrogens is 1. The second-order valence-corrected chi connectivity index (χ2v) is 8.45. The summed E-state index contributed by atoms with van der Waals surface area (Å²) in [6.45, 7) is 4.00. The average molecular weight is 451 g/mol. The summed E-state index contributed by atoms with van der Waals surface area (Å²) < 4.78 is 36.7. The third kappa shape index (κ3) is 4.44. The number of nitrogens with zero attached hydrogens (tertiary/aromatic N) is 1. The molecule has 0 saturated heterocycles. The molecule has 0 aliphatic heterocycles. The Labute approximate surface area is 178 Å². The lowest BCUT2D eigenvalue weighted by Crippen LogP contribution is -1.98. The molecule has 0 amide bonds. The molecule has 0 unspecified atom stereocenters. The first-order valence-corrected chi connectivity index (χ1v) is 11.1. The maximum atomic E-state index is 11.4. The van der Waals surface area contributed by atoms with E-state index in [1.807, 2.05) is 26.0 Å². The van der Waals surface area contributed by atoms with Gasteiger partial charge >= 0.3 is 7.82 Å². The van der Waals surface area contributed by atoms with Gasteiger partial charge in [-0.15, -0.1) is 0 Å². The Hall–Kier alpha value is -2.58. The first-order valence-electron chi connectivity index (χ1n) is 8.80. The minimum atomic E-state index is -4.81. The number of hydrogen-bond acceptors (Lipinski definition) is 7. The van der Waals surface area contributed by atoms with Crippen LogP contribution in [-0.4, -0.2) is 35.5 Å². The summed E-state index contributed by atoms with van der Waals surface area (Å²) in [6, 6.07) is 7.18. The van der Waals surface area contributed by atoms with Crippen molar-refractivity contribution in [2.45, 2.75) is 13.8 Å². The lowest BCUT2D eigenvalue weighted by molar-refractivity contribution is 0.273. The fourth-order valence-corrected chi connectivity index (χ4v) is 4.25. The molecule has 30 heavy (non-hydrogen) atoms. The SMILES string of the molecule is COc1cc(-c2sncc2-c2cc(OC)c(OC)c(OP(=O)(O)O)c2)cc(C)c1C. The molecule has 10 heteroatoms. The van der Waals surface area contributed by atoms with Gasteiger partial charge in [-0.05, 0) is 65.8 Å². The predicted molar refractivity (Wildman–Crippen MR) is 115 cm³/mol. The van der Waals surface area contributed by atoms with Gasteiger partial charge in [0.05, 0.1) is 26.2 Å². The Bertz CT molecular complexity index is 1120. The van der Waals surface area contributed by atoms with Gasteiger partial charge in [0.15, 0.2) is 11.5 Å². The van der Waals surface area contributed by atoms with Crippen molar-refractivity contribution in [2.75, 3.05) is 21.3 Å². The zero-order chi connectivity index (χ0) is 22.1. The minimum absolute atomic E-state index is 0.0853. The molecule has 8 nitrogen and oxygen atoms in total. The summed E-state index contributed by atoms with van der Waals surface area (Å²) in [5.74, 6) is 0.993. The second kappa shape index (κ2) is 8.65. The first-order chi connectivity index (χ1) is 14.2. The number of phosphoric acid groups is 1. The van der Waals surface area contributed by atoms with E-state index in [0.29, 0.717) is 5.56 Å². The number of rotatable bonds is 7. The van der Waals surface area contributed by atoms with Gasteiger partial charge < -0.3 is 18.7 Å². The van der Waals surface area contributed by atoms with E-state index in [4.69, 9.17) is 18.7 Å². The molecule has 0 aliphatic rings. The van der Waals surface area contributed by atoms with Crippen molar-refractivity contribution in [3.05, 3.63) is 41.6 Å². The molecule has 1 aromatic heterocycles. The van der Waals surface area contributed by atoms with Crippen LogP contribution >= 0.6 is 19.4 Å². The standard InChI is InChI=1S/C20H22NO7PS/c1-11-6-14(9-16(25-3)12(11)2)20-15(10-21-30-20)13-7-17(26-4)19(27-5)18(8-13)28-29(22,23)24/h6-10H,1-5H3,(H2,22,23,24). The van der Waals surface area contributed by atoms with Crippen LogP contribution in [0.3, 0.4) is 0 Å². The lowest BCUT2D eigenvalue weighted by Gasteiger charge is -2.16. The van der Waals surface area contributed by atoms with Crippen LogP contribution in [0.4, 0.5) is 0 Å². The van der Waals surface area contributed by atoms with Gasteiger partial charge in [-0.3, -0.25) is 9.79 Å². The highest BCUT2D eigenvalue weighted by Crippen LogP contribution is 2.49. The smallest absolute Gasteiger partial charge is 0.496 e. The monoisotopic (exact) mass is 451 g/mol. The van der Waals surface area contributed by atoms with Crippen molar-refractivity contribution >= 4 is 19.4 Å². The largest absolute Gasteiger partial charge is 0.524 e. The molecule has 1 heterocycles. The molecule has 0 radical (unpaired) electrons. The van der Waals surface area contributed by atoms with Gasteiger partial charge in [-0.25, -0.2) is 4.57 Å². The molecule has 0 spiro atoms. The van der Waals surface area contributed by atoms with Gasteiger partial charge in [-0.1, -0.05) is 6.07 Å². The maximum absolute atomic E-state index is 11.4. The number of aryl methyl sites for hydroxylation is 1. The fraction of sp³-hybridized carbons (Fsp3) is 0.250. The Morgan fingerprint density at radius 3 is 2.13 bits per heavy atom. The fourth-order valence-electron chi connectivity index (χ4n) is 3.10. The number of benzene rings is 2. The summed E-state index contributed by atoms with van der Waals surface area (Å²) in [7, 11) is -0.390. The van der Waals surface area contributed by atoms with E-state index < -0.39 is 7.82 Å². The zero-order valence-corrected chi connectivity index (χ0v) is 18.8. The summed E-state index contributed by atoms with van der Waals surface area (Å²) in [5, 5.41) is 0. The molecular weight excluding hydrogens is 429 g/mol. The summed E-state index contributed by atoms with van der Waals surface area (Å²) in [4.78, 5) is 19.4. The first kappa shape index (κ1) is 22.1. The molecule has 0 aliphatic carbocycles. The van der Waals surface area contributed by atoms with Crippen molar-refractivity contribution in [3.8, 4) is 44.6 Å². The Morgan fingerprint density at radius 1 is 0.900 bits per heavy atom. The maximum Gasteiger partial charge on any atom is 0.524 e. The molecule has 3 aromatic rings. The molecule has 0 fully saturated rings. The predicted octanol–water partition coefficient (Wildman–Crippen LogP) is 4.59. The molecule has 3 rings (SSSR count). The summed E-state index contributed by atoms with van der Waals surface area (Å²) in [5.41, 5.74) is 4.40. The summed E-state index contributed by atoms with van der Waals surface area (Å²) >= 11 is 1.30. The zero-order valence-electron chi connectivity index (χ0n) is 17.1. The van der Waals surface area contributed by atoms with Gasteiger partial charge in [0, 0.05) is 11.8 Å². The van der Waals surface area contributed by atoms with Crippen molar-refractivity contribution in [2.24, 2.45) is 0 Å². The van der Waals surface area contributed by atoms with Crippen LogP contribution in [-0.2, 0) is 4.57 Å². The minimum Gasteiger partial charge on any atom is -0.496 e. The summed E-state index contributed by atoms with van der Waals surface area (Å²) in [6.07, 6.45) is 1.68. The third-order valence-corrected chi connectivity index (χ3v) is 5.93. The van der Waals surface area contributed by atoms with Crippen molar-refractivity contribution in [1.29, 1.82) is 0 Å². The second-order valence-electron chi connectivity index (χ2n) is 6.48. The Balaban J connectivity index is 2.19. The van der Waals surface area contributed by atoms with Crippen molar-refractivity contribution in [1.82, 2.24) is 4.37 Å². The number of methoxy groups -OCH3 is 3. The molecular formula is C20H22NO7PS. The number of ether oxygens (including phenoxy) is 3. The highest BCUT2D eigenvalue weighted by Gasteiger charge is 2.24. The van der Waals surface area contributed by atoms with Crippen LogP contribution in [0.2, 0.25) is 0 Å². The van der Waals surface area contributed by atoms with Gasteiger partial charge in [0.1, 0.15) is 5.75 Å². The van der Waals surface area contributed by atoms with E-state index in [9.17, 15) is 14.4 Å². The Morgan fingerprint density at radius 2 is 1.53 bits per heavy atom. The van der Waals surface area contributed by atoms with E-state index >= 15 is 0 Å². The van der Waals surface area contributed by atoms with Gasteiger partial charge in [-0.2, -0.15) is 4.37 Å². The molecule has 2 aromatic carbocycles. The number of hydrogen-bond donors (Lipinski definition) is 2. The quantitative estimate of drug-likeness (QED) is 0.502. The van der Waals surface area contributed by atoms with E-state index in [-0.39, 0.29) is 17.2 Å². The lowest BCUT2D eigenvalue weighted by atomic mass is 9.99. The van der Waals surface area contributed by atoms with Crippen LogP contribution in [0.15, 0.2) is 30.5 Å².